The van der Waals surface area contributed by atoms with Gasteiger partial charge in [-0.15, -0.1) is 0 Å². The molecule has 0 amide bonds. The molecule has 0 aromatic carbocycles. The predicted octanol–water partition coefficient (Wildman–Crippen LogP) is 3.67. The van der Waals surface area contributed by atoms with E-state index in [9.17, 15) is 0 Å². The lowest BCUT2D eigenvalue weighted by molar-refractivity contribution is 0.682. The number of pyridine rings is 2. The van der Waals surface area contributed by atoms with Gasteiger partial charge >= 0.3 is 0 Å². The summed E-state index contributed by atoms with van der Waals surface area (Å²) in [6, 6.07) is 8.00. The van der Waals surface area contributed by atoms with Crippen molar-refractivity contribution in [3.63, 3.8) is 0 Å². The average Bonchev–Trinajstić information content (AvgIpc) is 2.56. The highest BCUT2D eigenvalue weighted by Crippen LogP contribution is 2.24. The molecule has 116 valence electrons. The van der Waals surface area contributed by atoms with E-state index in [4.69, 9.17) is 0 Å². The SMILES string of the molecule is Cc1cccc(C#CC=C2CCN(c3cnccc3C)CC2)n1. The summed E-state index contributed by atoms with van der Waals surface area (Å²) >= 11 is 0. The van der Waals surface area contributed by atoms with Crippen LogP contribution in [0.25, 0.3) is 0 Å². The Bertz CT molecular complexity index is 771. The van der Waals surface area contributed by atoms with Crippen molar-refractivity contribution in [2.75, 3.05) is 18.0 Å². The average molecular weight is 303 g/mol. The molecule has 0 unspecified atom stereocenters. The van der Waals surface area contributed by atoms with E-state index in [1.54, 1.807) is 0 Å². The summed E-state index contributed by atoms with van der Waals surface area (Å²) in [5.74, 6) is 6.28. The molecule has 2 aromatic rings. The van der Waals surface area contributed by atoms with Crippen LogP contribution in [0.3, 0.4) is 0 Å². The molecule has 1 aliphatic rings. The first-order valence-electron chi connectivity index (χ1n) is 8.01. The lowest BCUT2D eigenvalue weighted by atomic mass is 10.0. The fraction of sp³-hybridized carbons (Fsp3) is 0.300. The number of hydrogen-bond acceptors (Lipinski definition) is 3. The highest BCUT2D eigenvalue weighted by molar-refractivity contribution is 5.52. The zero-order valence-electron chi connectivity index (χ0n) is 13.7. The Hall–Kier alpha value is -2.60. The van der Waals surface area contributed by atoms with Crippen molar-refractivity contribution in [2.24, 2.45) is 0 Å². The molecule has 3 heterocycles. The van der Waals surface area contributed by atoms with Crippen molar-refractivity contribution in [1.82, 2.24) is 9.97 Å². The van der Waals surface area contributed by atoms with Gasteiger partial charge in [-0.05, 0) is 62.4 Å². The Morgan fingerprint density at radius 2 is 1.96 bits per heavy atom. The van der Waals surface area contributed by atoms with Gasteiger partial charge < -0.3 is 4.90 Å². The van der Waals surface area contributed by atoms with E-state index in [0.717, 1.165) is 37.3 Å². The van der Waals surface area contributed by atoms with Crippen molar-refractivity contribution in [3.05, 3.63) is 65.3 Å². The Labute approximate surface area is 138 Å². The number of rotatable bonds is 1. The third-order valence-corrected chi connectivity index (χ3v) is 4.12. The summed E-state index contributed by atoms with van der Waals surface area (Å²) < 4.78 is 0. The quantitative estimate of drug-likeness (QED) is 0.753. The van der Waals surface area contributed by atoms with Crippen molar-refractivity contribution in [3.8, 4) is 11.8 Å². The molecular weight excluding hydrogens is 282 g/mol. The molecule has 2 aromatic heterocycles. The van der Waals surface area contributed by atoms with E-state index in [1.165, 1.54) is 16.8 Å². The van der Waals surface area contributed by atoms with Crippen LogP contribution in [-0.4, -0.2) is 23.1 Å². The highest BCUT2D eigenvalue weighted by atomic mass is 15.1. The van der Waals surface area contributed by atoms with Gasteiger partial charge in [-0.1, -0.05) is 17.6 Å². The van der Waals surface area contributed by atoms with Gasteiger partial charge in [0.2, 0.25) is 0 Å². The molecule has 0 radical (unpaired) electrons. The minimum absolute atomic E-state index is 0.838. The number of aryl methyl sites for hydroxylation is 2. The topological polar surface area (TPSA) is 29.0 Å². The van der Waals surface area contributed by atoms with Gasteiger partial charge in [-0.2, -0.15) is 0 Å². The molecule has 0 N–H and O–H groups in total. The Morgan fingerprint density at radius 3 is 2.70 bits per heavy atom. The maximum Gasteiger partial charge on any atom is 0.113 e. The number of piperidine rings is 1. The van der Waals surface area contributed by atoms with E-state index in [-0.39, 0.29) is 0 Å². The van der Waals surface area contributed by atoms with Crippen LogP contribution >= 0.6 is 0 Å². The van der Waals surface area contributed by atoms with Crippen LogP contribution in [0.4, 0.5) is 5.69 Å². The van der Waals surface area contributed by atoms with Crippen molar-refractivity contribution in [1.29, 1.82) is 0 Å². The summed E-state index contributed by atoms with van der Waals surface area (Å²) in [4.78, 5) is 11.1. The van der Waals surface area contributed by atoms with Crippen LogP contribution in [-0.2, 0) is 0 Å². The van der Waals surface area contributed by atoms with E-state index < -0.39 is 0 Å². The first-order valence-corrected chi connectivity index (χ1v) is 8.01. The second-order valence-electron chi connectivity index (χ2n) is 5.89. The van der Waals surface area contributed by atoms with E-state index in [2.05, 4.69) is 45.8 Å². The minimum Gasteiger partial charge on any atom is -0.369 e. The molecule has 3 rings (SSSR count). The van der Waals surface area contributed by atoms with Crippen LogP contribution < -0.4 is 4.90 Å². The third kappa shape index (κ3) is 3.98. The monoisotopic (exact) mass is 303 g/mol. The predicted molar refractivity (Wildman–Crippen MR) is 94.4 cm³/mol. The number of hydrogen-bond donors (Lipinski definition) is 0. The van der Waals surface area contributed by atoms with Crippen LogP contribution in [0.5, 0.6) is 0 Å². The second-order valence-corrected chi connectivity index (χ2v) is 5.89. The lowest BCUT2D eigenvalue weighted by Gasteiger charge is -2.31. The summed E-state index contributed by atoms with van der Waals surface area (Å²) in [5.41, 5.74) is 5.80. The van der Waals surface area contributed by atoms with Gasteiger partial charge in [0.1, 0.15) is 5.69 Å². The first-order chi connectivity index (χ1) is 11.2. The van der Waals surface area contributed by atoms with Crippen molar-refractivity contribution in [2.45, 2.75) is 26.7 Å². The fourth-order valence-corrected chi connectivity index (χ4v) is 2.79. The van der Waals surface area contributed by atoms with Crippen LogP contribution in [0.15, 0.2) is 48.3 Å². The molecule has 3 nitrogen and oxygen atoms in total. The number of nitrogens with zero attached hydrogens (tertiary/aromatic N) is 3. The summed E-state index contributed by atoms with van der Waals surface area (Å²) in [7, 11) is 0. The molecular formula is C20H21N3. The molecule has 0 aliphatic carbocycles. The molecule has 0 bridgehead atoms. The molecule has 1 aliphatic heterocycles. The molecule has 23 heavy (non-hydrogen) atoms. The molecule has 3 heteroatoms. The van der Waals surface area contributed by atoms with E-state index in [1.807, 2.05) is 37.5 Å². The van der Waals surface area contributed by atoms with Gasteiger partial charge in [-0.25, -0.2) is 4.98 Å². The molecule has 0 spiro atoms. The lowest BCUT2D eigenvalue weighted by Crippen LogP contribution is -2.31. The summed E-state index contributed by atoms with van der Waals surface area (Å²) in [6.07, 6.45) is 8.00. The maximum atomic E-state index is 4.40. The van der Waals surface area contributed by atoms with E-state index >= 15 is 0 Å². The number of allylic oxidation sites excluding steroid dienone is 1. The van der Waals surface area contributed by atoms with Crippen molar-refractivity contribution < 1.29 is 0 Å². The normalized spacial score (nSPS) is 14.2. The Balaban J connectivity index is 1.62. The standard InChI is InChI=1S/C20H21N3/c1-16-9-12-21-15-20(16)23-13-10-18(11-14-23)6-4-8-19-7-3-5-17(2)22-19/h3,5-7,9,12,15H,10-11,13-14H2,1-2H3. The van der Waals surface area contributed by atoms with Crippen LogP contribution in [0.1, 0.15) is 29.8 Å². The van der Waals surface area contributed by atoms with Crippen molar-refractivity contribution >= 4 is 5.69 Å². The Kier molecular flexibility index (Phi) is 4.73. The molecule has 1 saturated heterocycles. The van der Waals surface area contributed by atoms with Gasteiger partial charge in [-0.3, -0.25) is 4.98 Å². The van der Waals surface area contributed by atoms with Gasteiger partial charge in [0.15, 0.2) is 0 Å². The largest absolute Gasteiger partial charge is 0.369 e. The first kappa shape index (κ1) is 15.3. The number of anilines is 1. The molecule has 1 fully saturated rings. The molecule has 0 atom stereocenters. The zero-order valence-corrected chi connectivity index (χ0v) is 13.7. The maximum absolute atomic E-state index is 4.40. The van der Waals surface area contributed by atoms with Crippen LogP contribution in [0, 0.1) is 25.7 Å². The minimum atomic E-state index is 0.838. The zero-order chi connectivity index (χ0) is 16.1. The third-order valence-electron chi connectivity index (χ3n) is 4.12. The summed E-state index contributed by atoms with van der Waals surface area (Å²) in [5, 5.41) is 0. The Morgan fingerprint density at radius 1 is 1.13 bits per heavy atom. The van der Waals surface area contributed by atoms with Gasteiger partial charge in [0.25, 0.3) is 0 Å². The highest BCUT2D eigenvalue weighted by Gasteiger charge is 2.15. The van der Waals surface area contributed by atoms with E-state index in [0.29, 0.717) is 0 Å². The van der Waals surface area contributed by atoms with Crippen LogP contribution in [0.2, 0.25) is 0 Å². The van der Waals surface area contributed by atoms with Gasteiger partial charge in [0.05, 0.1) is 11.9 Å². The smallest absolute Gasteiger partial charge is 0.113 e. The second kappa shape index (κ2) is 7.11. The number of aromatic nitrogens is 2. The summed E-state index contributed by atoms with van der Waals surface area (Å²) in [6.45, 7) is 6.19. The molecule has 0 saturated carbocycles. The van der Waals surface area contributed by atoms with Gasteiger partial charge in [0, 0.05) is 25.0 Å². The fourth-order valence-electron chi connectivity index (χ4n) is 2.79.